The van der Waals surface area contributed by atoms with Crippen LogP contribution in [0.15, 0.2) is 72.8 Å². The summed E-state index contributed by atoms with van der Waals surface area (Å²) in [7, 11) is 0. The van der Waals surface area contributed by atoms with Gasteiger partial charge in [0.2, 0.25) is 5.91 Å². The van der Waals surface area contributed by atoms with E-state index in [2.05, 4.69) is 10.6 Å². The third-order valence-electron chi connectivity index (χ3n) is 4.36. The summed E-state index contributed by atoms with van der Waals surface area (Å²) in [6.45, 7) is 1.20. The van der Waals surface area contributed by atoms with Crippen molar-refractivity contribution >= 4 is 34.2 Å². The normalized spacial score (nSPS) is 11.5. The lowest BCUT2D eigenvalue weighted by Crippen LogP contribution is -2.36. The molecule has 3 rings (SSSR count). The molecule has 0 aliphatic heterocycles. The van der Waals surface area contributed by atoms with Gasteiger partial charge in [-0.2, -0.15) is 0 Å². The molecule has 0 aromatic heterocycles. The SMILES string of the molecule is CC(OC(=O)CNC(=O)Cc1ccccc1)C(=O)Nc1cccc2ccccc12. The van der Waals surface area contributed by atoms with Crippen LogP contribution in [0, 0.1) is 0 Å². The minimum atomic E-state index is -0.993. The fraction of sp³-hybridized carbons (Fsp3) is 0.174. The largest absolute Gasteiger partial charge is 0.451 e. The number of carbonyl (C=O) groups is 3. The number of esters is 1. The number of carbonyl (C=O) groups excluding carboxylic acids is 3. The van der Waals surface area contributed by atoms with Gasteiger partial charge >= 0.3 is 5.97 Å². The van der Waals surface area contributed by atoms with E-state index in [1.807, 2.05) is 66.7 Å². The highest BCUT2D eigenvalue weighted by Gasteiger charge is 2.19. The maximum absolute atomic E-state index is 12.4. The molecule has 3 aromatic carbocycles. The molecule has 1 atom stereocenters. The van der Waals surface area contributed by atoms with Crippen LogP contribution in [0.2, 0.25) is 0 Å². The molecule has 148 valence electrons. The third kappa shape index (κ3) is 5.65. The highest BCUT2D eigenvalue weighted by Crippen LogP contribution is 2.23. The third-order valence-corrected chi connectivity index (χ3v) is 4.36. The maximum Gasteiger partial charge on any atom is 0.326 e. The smallest absolute Gasteiger partial charge is 0.326 e. The van der Waals surface area contributed by atoms with Gasteiger partial charge in [-0.3, -0.25) is 14.4 Å². The van der Waals surface area contributed by atoms with Crippen molar-refractivity contribution in [3.63, 3.8) is 0 Å². The molecule has 0 saturated carbocycles. The van der Waals surface area contributed by atoms with Crippen LogP contribution in [0.3, 0.4) is 0 Å². The van der Waals surface area contributed by atoms with E-state index in [1.54, 1.807) is 6.07 Å². The van der Waals surface area contributed by atoms with Crippen LogP contribution < -0.4 is 10.6 Å². The fourth-order valence-electron chi connectivity index (χ4n) is 2.88. The lowest BCUT2D eigenvalue weighted by molar-refractivity contribution is -0.152. The molecule has 0 saturated heterocycles. The first-order chi connectivity index (χ1) is 14.0. The molecule has 6 heteroatoms. The topological polar surface area (TPSA) is 84.5 Å². The van der Waals surface area contributed by atoms with Gasteiger partial charge in [-0.1, -0.05) is 66.7 Å². The van der Waals surface area contributed by atoms with Crippen LogP contribution in [0.5, 0.6) is 0 Å². The van der Waals surface area contributed by atoms with Gasteiger partial charge in [-0.05, 0) is 23.9 Å². The van der Waals surface area contributed by atoms with Crippen molar-refractivity contribution in [3.8, 4) is 0 Å². The van der Waals surface area contributed by atoms with Gasteiger partial charge in [0.15, 0.2) is 6.10 Å². The van der Waals surface area contributed by atoms with Crippen molar-refractivity contribution in [1.82, 2.24) is 5.32 Å². The molecule has 0 aliphatic carbocycles. The number of benzene rings is 3. The van der Waals surface area contributed by atoms with Gasteiger partial charge in [-0.15, -0.1) is 0 Å². The average molecular weight is 390 g/mol. The Kier molecular flexibility index (Phi) is 6.58. The Morgan fingerprint density at radius 1 is 0.897 bits per heavy atom. The number of hydrogen-bond donors (Lipinski definition) is 2. The van der Waals surface area contributed by atoms with Gasteiger partial charge in [0.1, 0.15) is 6.54 Å². The first-order valence-corrected chi connectivity index (χ1v) is 9.31. The molecule has 0 spiro atoms. The Morgan fingerprint density at radius 3 is 2.38 bits per heavy atom. The predicted octanol–water partition coefficient (Wildman–Crippen LogP) is 3.07. The van der Waals surface area contributed by atoms with E-state index in [0.29, 0.717) is 5.69 Å². The second kappa shape index (κ2) is 9.50. The van der Waals surface area contributed by atoms with Crippen LogP contribution in [0.1, 0.15) is 12.5 Å². The Hall–Kier alpha value is -3.67. The second-order valence-corrected chi connectivity index (χ2v) is 6.59. The highest BCUT2D eigenvalue weighted by atomic mass is 16.5. The first kappa shape index (κ1) is 20.1. The van der Waals surface area contributed by atoms with E-state index in [1.165, 1.54) is 6.92 Å². The van der Waals surface area contributed by atoms with E-state index >= 15 is 0 Å². The molecule has 6 nitrogen and oxygen atoms in total. The molecule has 3 aromatic rings. The summed E-state index contributed by atoms with van der Waals surface area (Å²) in [5, 5.41) is 7.18. The number of rotatable bonds is 7. The number of hydrogen-bond acceptors (Lipinski definition) is 4. The highest BCUT2D eigenvalue weighted by molar-refractivity contribution is 6.03. The summed E-state index contributed by atoms with van der Waals surface area (Å²) >= 11 is 0. The summed E-state index contributed by atoms with van der Waals surface area (Å²) in [5.41, 5.74) is 1.49. The molecule has 0 aliphatic rings. The number of amides is 2. The van der Waals surface area contributed by atoms with Gasteiger partial charge in [0.25, 0.3) is 5.91 Å². The molecule has 2 N–H and O–H groups in total. The van der Waals surface area contributed by atoms with Crippen molar-refractivity contribution in [1.29, 1.82) is 0 Å². The fourth-order valence-corrected chi connectivity index (χ4v) is 2.88. The zero-order chi connectivity index (χ0) is 20.6. The minimum Gasteiger partial charge on any atom is -0.451 e. The standard InChI is InChI=1S/C23H22N2O4/c1-16(23(28)25-20-13-7-11-18-10-5-6-12-19(18)20)29-22(27)15-24-21(26)14-17-8-3-2-4-9-17/h2-13,16H,14-15H2,1H3,(H,24,26)(H,25,28). The number of nitrogens with one attached hydrogen (secondary N) is 2. The zero-order valence-corrected chi connectivity index (χ0v) is 16.1. The average Bonchev–Trinajstić information content (AvgIpc) is 2.73. The molecule has 0 fully saturated rings. The molecular formula is C23H22N2O4. The van der Waals surface area contributed by atoms with Gasteiger partial charge in [-0.25, -0.2) is 0 Å². The number of fused-ring (bicyclic) bond motifs is 1. The second-order valence-electron chi connectivity index (χ2n) is 6.59. The predicted molar refractivity (Wildman–Crippen MR) is 111 cm³/mol. The summed E-state index contributed by atoms with van der Waals surface area (Å²) in [5.74, 6) is -1.40. The molecule has 0 bridgehead atoms. The number of ether oxygens (including phenoxy) is 1. The Bertz CT molecular complexity index is 1010. The van der Waals surface area contributed by atoms with Gasteiger partial charge < -0.3 is 15.4 Å². The quantitative estimate of drug-likeness (QED) is 0.607. The van der Waals surface area contributed by atoms with Crippen molar-refractivity contribution in [2.75, 3.05) is 11.9 Å². The molecule has 0 heterocycles. The van der Waals surface area contributed by atoms with Crippen molar-refractivity contribution in [2.45, 2.75) is 19.4 Å². The summed E-state index contributed by atoms with van der Waals surface area (Å²) < 4.78 is 5.13. The molecular weight excluding hydrogens is 368 g/mol. The lowest BCUT2D eigenvalue weighted by atomic mass is 10.1. The van der Waals surface area contributed by atoms with Gasteiger partial charge in [0, 0.05) is 11.1 Å². The zero-order valence-electron chi connectivity index (χ0n) is 16.1. The van der Waals surface area contributed by atoms with Crippen molar-refractivity contribution in [2.24, 2.45) is 0 Å². The van der Waals surface area contributed by atoms with E-state index in [-0.39, 0.29) is 18.9 Å². The minimum absolute atomic E-state index is 0.172. The van der Waals surface area contributed by atoms with Gasteiger partial charge in [0.05, 0.1) is 6.42 Å². The van der Waals surface area contributed by atoms with Crippen LogP contribution in [0.25, 0.3) is 10.8 Å². The van der Waals surface area contributed by atoms with Crippen molar-refractivity contribution in [3.05, 3.63) is 78.4 Å². The summed E-state index contributed by atoms with van der Waals surface area (Å²) in [4.78, 5) is 36.3. The molecule has 29 heavy (non-hydrogen) atoms. The van der Waals surface area contributed by atoms with E-state index in [9.17, 15) is 14.4 Å². The van der Waals surface area contributed by atoms with Crippen LogP contribution in [-0.4, -0.2) is 30.4 Å². The Labute approximate surface area is 168 Å². The lowest BCUT2D eigenvalue weighted by Gasteiger charge is -2.15. The molecule has 0 radical (unpaired) electrons. The molecule has 2 amide bonds. The Balaban J connectivity index is 1.48. The summed E-state index contributed by atoms with van der Waals surface area (Å²) in [6.07, 6.45) is -0.821. The van der Waals surface area contributed by atoms with E-state index in [0.717, 1.165) is 16.3 Å². The number of anilines is 1. The maximum atomic E-state index is 12.4. The first-order valence-electron chi connectivity index (χ1n) is 9.31. The van der Waals surface area contributed by atoms with E-state index < -0.39 is 18.0 Å². The summed E-state index contributed by atoms with van der Waals surface area (Å²) in [6, 6.07) is 22.5. The molecule has 1 unspecified atom stereocenters. The monoisotopic (exact) mass is 390 g/mol. The van der Waals surface area contributed by atoms with E-state index in [4.69, 9.17) is 4.74 Å². The Morgan fingerprint density at radius 2 is 1.59 bits per heavy atom. The van der Waals surface area contributed by atoms with Crippen LogP contribution in [-0.2, 0) is 25.5 Å². The van der Waals surface area contributed by atoms with Crippen LogP contribution >= 0.6 is 0 Å². The van der Waals surface area contributed by atoms with Crippen molar-refractivity contribution < 1.29 is 19.1 Å². The van der Waals surface area contributed by atoms with Crippen LogP contribution in [0.4, 0.5) is 5.69 Å².